The number of imidazole rings is 1. The van der Waals surface area contributed by atoms with Gasteiger partial charge in [-0.25, -0.2) is 4.98 Å². The number of aryl methyl sites for hydroxylation is 1. The predicted octanol–water partition coefficient (Wildman–Crippen LogP) is 0.263. The van der Waals surface area contributed by atoms with Gasteiger partial charge in [0.15, 0.2) is 0 Å². The van der Waals surface area contributed by atoms with Crippen molar-refractivity contribution in [2.75, 3.05) is 13.1 Å². The van der Waals surface area contributed by atoms with Crippen molar-refractivity contribution in [2.24, 2.45) is 13.0 Å². The molecule has 0 spiro atoms. The van der Waals surface area contributed by atoms with Crippen molar-refractivity contribution in [3.8, 4) is 0 Å². The van der Waals surface area contributed by atoms with Gasteiger partial charge in [0.25, 0.3) is 5.91 Å². The number of aliphatic hydroxyl groups is 1. The van der Waals surface area contributed by atoms with E-state index in [4.69, 9.17) is 0 Å². The molecule has 1 aromatic rings. The third kappa shape index (κ3) is 2.09. The molecule has 1 N–H and O–H groups in total. The summed E-state index contributed by atoms with van der Waals surface area (Å²) in [6.07, 6.45) is 3.74. The number of hydrogen-bond acceptors (Lipinski definition) is 3. The fourth-order valence-electron chi connectivity index (χ4n) is 1.92. The minimum atomic E-state index is -0.415. The highest BCUT2D eigenvalue weighted by Gasteiger charge is 2.28. The normalized spacial score (nSPS) is 25.8. The maximum absolute atomic E-state index is 12.0. The summed E-state index contributed by atoms with van der Waals surface area (Å²) in [7, 11) is 1.83. The van der Waals surface area contributed by atoms with Crippen LogP contribution in [-0.2, 0) is 7.05 Å². The molecule has 2 rings (SSSR count). The number of carbonyl (C=O) groups excluding carboxylic acids is 1. The summed E-state index contributed by atoms with van der Waals surface area (Å²) in [6.45, 7) is 3.12. The minimum Gasteiger partial charge on any atom is -0.391 e. The van der Waals surface area contributed by atoms with Crippen molar-refractivity contribution in [1.82, 2.24) is 14.5 Å². The summed E-state index contributed by atoms with van der Waals surface area (Å²) in [5, 5.41) is 9.73. The highest BCUT2D eigenvalue weighted by atomic mass is 16.3. The van der Waals surface area contributed by atoms with Crippen LogP contribution in [0.5, 0.6) is 0 Å². The van der Waals surface area contributed by atoms with Gasteiger partial charge in [0.1, 0.15) is 5.69 Å². The molecule has 0 radical (unpaired) electrons. The second kappa shape index (κ2) is 4.25. The molecule has 2 atom stereocenters. The standard InChI is InChI=1S/C11H17N3O2/c1-8-3-4-14(6-10(8)15)11(16)9-5-13(2)7-12-9/h5,7-8,10,15H,3-4,6H2,1-2H3. The second-order valence-electron chi connectivity index (χ2n) is 4.51. The molecule has 5 nitrogen and oxygen atoms in total. The number of nitrogens with zero attached hydrogens (tertiary/aromatic N) is 3. The van der Waals surface area contributed by atoms with Gasteiger partial charge in [-0.3, -0.25) is 4.79 Å². The van der Waals surface area contributed by atoms with Gasteiger partial charge in [-0.1, -0.05) is 6.92 Å². The zero-order chi connectivity index (χ0) is 11.7. The first-order valence-corrected chi connectivity index (χ1v) is 5.53. The smallest absolute Gasteiger partial charge is 0.274 e. The van der Waals surface area contributed by atoms with Crippen molar-refractivity contribution >= 4 is 5.91 Å². The van der Waals surface area contributed by atoms with E-state index in [9.17, 15) is 9.90 Å². The topological polar surface area (TPSA) is 58.4 Å². The van der Waals surface area contributed by atoms with Gasteiger partial charge < -0.3 is 14.6 Å². The number of aliphatic hydroxyl groups excluding tert-OH is 1. The maximum atomic E-state index is 12.0. The van der Waals surface area contributed by atoms with E-state index in [1.54, 1.807) is 22.0 Å². The molecule has 0 saturated carbocycles. The number of amides is 1. The van der Waals surface area contributed by atoms with Gasteiger partial charge in [0.2, 0.25) is 0 Å². The first kappa shape index (κ1) is 11.1. The summed E-state index contributed by atoms with van der Waals surface area (Å²) in [6, 6.07) is 0. The van der Waals surface area contributed by atoms with E-state index in [-0.39, 0.29) is 11.8 Å². The molecular weight excluding hydrogens is 206 g/mol. The third-order valence-electron chi connectivity index (χ3n) is 3.13. The van der Waals surface area contributed by atoms with Crippen LogP contribution in [-0.4, -0.2) is 44.7 Å². The van der Waals surface area contributed by atoms with Crippen LogP contribution in [0.1, 0.15) is 23.8 Å². The fraction of sp³-hybridized carbons (Fsp3) is 0.636. The van der Waals surface area contributed by atoms with E-state index >= 15 is 0 Å². The predicted molar refractivity (Wildman–Crippen MR) is 58.9 cm³/mol. The molecule has 2 heterocycles. The van der Waals surface area contributed by atoms with E-state index in [0.717, 1.165) is 6.42 Å². The van der Waals surface area contributed by atoms with E-state index in [0.29, 0.717) is 18.8 Å². The lowest BCUT2D eigenvalue weighted by Crippen LogP contribution is -2.45. The van der Waals surface area contributed by atoms with Crippen molar-refractivity contribution in [3.05, 3.63) is 18.2 Å². The molecule has 1 aliphatic rings. The van der Waals surface area contributed by atoms with Crippen molar-refractivity contribution in [2.45, 2.75) is 19.4 Å². The Bertz CT molecular complexity index is 388. The summed E-state index contributed by atoms with van der Waals surface area (Å²) in [5.74, 6) is 0.180. The van der Waals surface area contributed by atoms with Crippen LogP contribution in [0.4, 0.5) is 0 Å². The SMILES string of the molecule is CC1CCN(C(=O)c2cn(C)cn2)CC1O. The van der Waals surface area contributed by atoms with Crippen LogP contribution < -0.4 is 0 Å². The first-order chi connectivity index (χ1) is 7.58. The summed E-state index contributed by atoms with van der Waals surface area (Å²) in [4.78, 5) is 17.7. The Kier molecular flexibility index (Phi) is 2.96. The van der Waals surface area contributed by atoms with E-state index in [1.807, 2.05) is 14.0 Å². The lowest BCUT2D eigenvalue weighted by molar-refractivity contribution is 0.0245. The molecular formula is C11H17N3O2. The van der Waals surface area contributed by atoms with E-state index in [1.165, 1.54) is 0 Å². The lowest BCUT2D eigenvalue weighted by Gasteiger charge is -2.33. The Morgan fingerprint density at radius 1 is 1.62 bits per heavy atom. The Labute approximate surface area is 94.7 Å². The largest absolute Gasteiger partial charge is 0.391 e. The molecule has 5 heteroatoms. The Balaban J connectivity index is 2.06. The number of hydrogen-bond donors (Lipinski definition) is 1. The zero-order valence-electron chi connectivity index (χ0n) is 9.63. The van der Waals surface area contributed by atoms with Crippen LogP contribution in [0.2, 0.25) is 0 Å². The fourth-order valence-corrected chi connectivity index (χ4v) is 1.92. The number of β-amino-alcohol motifs (C(OH)–C–C–N with tert-alkyl or cyclic N) is 1. The molecule has 1 aromatic heterocycles. The lowest BCUT2D eigenvalue weighted by atomic mass is 9.96. The van der Waals surface area contributed by atoms with Crippen LogP contribution >= 0.6 is 0 Å². The van der Waals surface area contributed by atoms with Crippen LogP contribution in [0, 0.1) is 5.92 Å². The molecule has 1 fully saturated rings. The number of piperidine rings is 1. The summed E-state index contributed by atoms with van der Waals surface area (Å²) < 4.78 is 1.75. The van der Waals surface area contributed by atoms with Gasteiger partial charge in [0.05, 0.1) is 12.4 Å². The van der Waals surface area contributed by atoms with Gasteiger partial charge in [-0.15, -0.1) is 0 Å². The van der Waals surface area contributed by atoms with Gasteiger partial charge in [0, 0.05) is 26.3 Å². The summed E-state index contributed by atoms with van der Waals surface area (Å²) in [5.41, 5.74) is 0.448. The molecule has 0 aromatic carbocycles. The Morgan fingerprint density at radius 2 is 2.38 bits per heavy atom. The first-order valence-electron chi connectivity index (χ1n) is 5.53. The minimum absolute atomic E-state index is 0.0912. The molecule has 1 saturated heterocycles. The van der Waals surface area contributed by atoms with Gasteiger partial charge in [-0.05, 0) is 12.3 Å². The zero-order valence-corrected chi connectivity index (χ0v) is 9.63. The van der Waals surface area contributed by atoms with Gasteiger partial charge >= 0.3 is 0 Å². The molecule has 2 unspecified atom stereocenters. The monoisotopic (exact) mass is 223 g/mol. The Hall–Kier alpha value is -1.36. The molecule has 88 valence electrons. The number of rotatable bonds is 1. The van der Waals surface area contributed by atoms with E-state index < -0.39 is 6.10 Å². The molecule has 1 amide bonds. The van der Waals surface area contributed by atoms with Crippen LogP contribution in [0.3, 0.4) is 0 Å². The second-order valence-corrected chi connectivity index (χ2v) is 4.51. The van der Waals surface area contributed by atoms with E-state index in [2.05, 4.69) is 4.98 Å². The van der Waals surface area contributed by atoms with Gasteiger partial charge in [-0.2, -0.15) is 0 Å². The average molecular weight is 223 g/mol. The van der Waals surface area contributed by atoms with Crippen LogP contribution in [0.15, 0.2) is 12.5 Å². The number of likely N-dealkylation sites (tertiary alicyclic amines) is 1. The number of aromatic nitrogens is 2. The quantitative estimate of drug-likeness (QED) is 0.743. The molecule has 0 aliphatic carbocycles. The molecule has 0 bridgehead atoms. The van der Waals surface area contributed by atoms with Crippen molar-refractivity contribution < 1.29 is 9.90 Å². The third-order valence-corrected chi connectivity index (χ3v) is 3.13. The van der Waals surface area contributed by atoms with Crippen LogP contribution in [0.25, 0.3) is 0 Å². The molecule has 16 heavy (non-hydrogen) atoms. The van der Waals surface area contributed by atoms with Crippen molar-refractivity contribution in [1.29, 1.82) is 0 Å². The Morgan fingerprint density at radius 3 is 2.94 bits per heavy atom. The molecule has 1 aliphatic heterocycles. The highest BCUT2D eigenvalue weighted by molar-refractivity contribution is 5.92. The average Bonchev–Trinajstić information content (AvgIpc) is 2.68. The maximum Gasteiger partial charge on any atom is 0.274 e. The number of carbonyl (C=O) groups is 1. The highest BCUT2D eigenvalue weighted by Crippen LogP contribution is 2.18. The summed E-state index contributed by atoms with van der Waals surface area (Å²) >= 11 is 0. The van der Waals surface area contributed by atoms with Crippen molar-refractivity contribution in [3.63, 3.8) is 0 Å².